The maximum absolute atomic E-state index is 5.17. The Morgan fingerprint density at radius 1 is 1.33 bits per heavy atom. The van der Waals surface area contributed by atoms with Crippen LogP contribution in [-0.2, 0) is 18.9 Å². The zero-order chi connectivity index (χ0) is 8.65. The van der Waals surface area contributed by atoms with E-state index in [-0.39, 0.29) is 6.29 Å². The second kappa shape index (κ2) is 6.37. The summed E-state index contributed by atoms with van der Waals surface area (Å²) in [5.74, 6) is 0. The van der Waals surface area contributed by atoms with Gasteiger partial charge in [0.15, 0.2) is 6.29 Å². The first-order valence-electron chi connectivity index (χ1n) is 4.23. The third kappa shape index (κ3) is 5.49. The summed E-state index contributed by atoms with van der Waals surface area (Å²) in [6.07, 6.45) is 2.06. The van der Waals surface area contributed by atoms with Gasteiger partial charge in [0, 0.05) is 20.3 Å². The molecule has 0 aromatic carbocycles. The van der Waals surface area contributed by atoms with Gasteiger partial charge in [0.25, 0.3) is 0 Å². The minimum Gasteiger partial charge on any atom is -0.385 e. The third-order valence-corrected chi connectivity index (χ3v) is 1.53. The van der Waals surface area contributed by atoms with Crippen LogP contribution in [0.2, 0.25) is 0 Å². The van der Waals surface area contributed by atoms with E-state index in [4.69, 9.17) is 18.9 Å². The van der Waals surface area contributed by atoms with Crippen molar-refractivity contribution in [1.82, 2.24) is 0 Å². The fourth-order valence-electron chi connectivity index (χ4n) is 0.769. The Labute approximate surface area is 72.7 Å². The van der Waals surface area contributed by atoms with Gasteiger partial charge < -0.3 is 18.9 Å². The fraction of sp³-hybridized carbons (Fsp3) is 1.00. The van der Waals surface area contributed by atoms with Crippen LogP contribution >= 0.6 is 0 Å². The summed E-state index contributed by atoms with van der Waals surface area (Å²) in [5.41, 5.74) is 0. The van der Waals surface area contributed by atoms with Crippen molar-refractivity contribution in [1.29, 1.82) is 0 Å². The Hall–Kier alpha value is -0.160. The molecule has 1 saturated heterocycles. The molecule has 0 saturated carbocycles. The Balaban J connectivity index is 1.65. The van der Waals surface area contributed by atoms with E-state index >= 15 is 0 Å². The molecule has 1 atom stereocenters. The van der Waals surface area contributed by atoms with Gasteiger partial charge in [-0.3, -0.25) is 0 Å². The molecule has 1 unspecified atom stereocenters. The van der Waals surface area contributed by atoms with Crippen molar-refractivity contribution in [2.24, 2.45) is 0 Å². The molecule has 0 aliphatic carbocycles. The zero-order valence-electron chi connectivity index (χ0n) is 7.45. The van der Waals surface area contributed by atoms with Gasteiger partial charge in [-0.05, 0) is 12.8 Å². The number of methoxy groups -OCH3 is 1. The minimum atomic E-state index is 0.00368. The van der Waals surface area contributed by atoms with Gasteiger partial charge in [-0.15, -0.1) is 0 Å². The molecule has 4 nitrogen and oxygen atoms in total. The van der Waals surface area contributed by atoms with Gasteiger partial charge in [0.2, 0.25) is 0 Å². The molecule has 0 aromatic rings. The first-order chi connectivity index (χ1) is 5.93. The Morgan fingerprint density at radius 2 is 2.08 bits per heavy atom. The smallest absolute Gasteiger partial charge is 0.183 e. The van der Waals surface area contributed by atoms with Crippen LogP contribution in [0.4, 0.5) is 0 Å². The normalized spacial score (nSPS) is 21.2. The quantitative estimate of drug-likeness (QED) is 0.311. The van der Waals surface area contributed by atoms with E-state index < -0.39 is 0 Å². The molecular formula is C8H16O4. The van der Waals surface area contributed by atoms with E-state index in [1.807, 2.05) is 0 Å². The third-order valence-electron chi connectivity index (χ3n) is 1.53. The topological polar surface area (TPSA) is 40.2 Å². The van der Waals surface area contributed by atoms with E-state index in [1.165, 1.54) is 0 Å². The molecule has 1 fully saturated rings. The number of unbranched alkanes of at least 4 members (excludes halogenated alkanes) is 1. The van der Waals surface area contributed by atoms with E-state index in [0.717, 1.165) is 26.1 Å². The van der Waals surface area contributed by atoms with Crippen molar-refractivity contribution in [3.05, 3.63) is 0 Å². The van der Waals surface area contributed by atoms with Crippen LogP contribution in [0, 0.1) is 0 Å². The van der Waals surface area contributed by atoms with Crippen molar-refractivity contribution in [2.45, 2.75) is 19.1 Å². The molecule has 1 rings (SSSR count). The molecule has 12 heavy (non-hydrogen) atoms. The molecular weight excluding hydrogens is 160 g/mol. The summed E-state index contributed by atoms with van der Waals surface area (Å²) in [6.45, 7) is 2.59. The van der Waals surface area contributed by atoms with E-state index in [2.05, 4.69) is 0 Å². The largest absolute Gasteiger partial charge is 0.385 e. The number of hydrogen-bond acceptors (Lipinski definition) is 4. The van der Waals surface area contributed by atoms with Gasteiger partial charge in [-0.25, -0.2) is 0 Å². The van der Waals surface area contributed by atoms with Crippen molar-refractivity contribution in [3.8, 4) is 0 Å². The maximum Gasteiger partial charge on any atom is 0.183 e. The van der Waals surface area contributed by atoms with Crippen LogP contribution in [0.25, 0.3) is 0 Å². The molecule has 0 bridgehead atoms. The Kier molecular flexibility index (Phi) is 5.27. The highest BCUT2D eigenvalue weighted by atomic mass is 16.8. The predicted octanol–water partition coefficient (Wildman–Crippen LogP) is 0.760. The van der Waals surface area contributed by atoms with Crippen molar-refractivity contribution < 1.29 is 18.9 Å². The number of rotatable bonds is 8. The standard InChI is InChI=1S/C8H16O4/c1-9-4-2-3-5-10-7-12-8-6-11-8/h8H,2-7H2,1H3. The molecule has 0 N–H and O–H groups in total. The highest BCUT2D eigenvalue weighted by Crippen LogP contribution is 2.09. The van der Waals surface area contributed by atoms with Gasteiger partial charge in [0.1, 0.15) is 13.4 Å². The molecule has 0 aromatic heterocycles. The van der Waals surface area contributed by atoms with Crippen molar-refractivity contribution >= 4 is 0 Å². The van der Waals surface area contributed by atoms with Crippen LogP contribution in [0.1, 0.15) is 12.8 Å². The SMILES string of the molecule is COCCCCOCOC1CO1. The lowest BCUT2D eigenvalue weighted by Gasteiger charge is -2.02. The number of epoxide rings is 1. The summed E-state index contributed by atoms with van der Waals surface area (Å²) < 4.78 is 20.0. The van der Waals surface area contributed by atoms with Crippen LogP contribution < -0.4 is 0 Å². The van der Waals surface area contributed by atoms with Crippen LogP contribution in [0.15, 0.2) is 0 Å². The summed E-state index contributed by atoms with van der Waals surface area (Å²) in [6, 6.07) is 0. The molecule has 1 heterocycles. The maximum atomic E-state index is 5.17. The molecule has 1 aliphatic rings. The highest BCUT2D eigenvalue weighted by Gasteiger charge is 2.22. The zero-order valence-corrected chi connectivity index (χ0v) is 7.45. The summed E-state index contributed by atoms with van der Waals surface area (Å²) in [7, 11) is 1.70. The Morgan fingerprint density at radius 3 is 2.75 bits per heavy atom. The van der Waals surface area contributed by atoms with Gasteiger partial charge in [-0.1, -0.05) is 0 Å². The van der Waals surface area contributed by atoms with Crippen LogP contribution in [0.5, 0.6) is 0 Å². The average molecular weight is 176 g/mol. The van der Waals surface area contributed by atoms with E-state index in [9.17, 15) is 0 Å². The van der Waals surface area contributed by atoms with Crippen molar-refractivity contribution in [3.63, 3.8) is 0 Å². The van der Waals surface area contributed by atoms with Crippen LogP contribution in [0.3, 0.4) is 0 Å². The number of hydrogen-bond donors (Lipinski definition) is 0. The lowest BCUT2D eigenvalue weighted by Crippen LogP contribution is -2.04. The predicted molar refractivity (Wildman–Crippen MR) is 42.8 cm³/mol. The van der Waals surface area contributed by atoms with Crippen molar-refractivity contribution in [2.75, 3.05) is 33.7 Å². The second-order valence-corrected chi connectivity index (χ2v) is 2.66. The summed E-state index contributed by atoms with van der Waals surface area (Å²) >= 11 is 0. The molecule has 1 aliphatic heterocycles. The molecule has 0 spiro atoms. The van der Waals surface area contributed by atoms with E-state index in [0.29, 0.717) is 13.4 Å². The lowest BCUT2D eigenvalue weighted by molar-refractivity contribution is -0.0878. The molecule has 4 heteroatoms. The summed E-state index contributed by atoms with van der Waals surface area (Å²) in [5, 5.41) is 0. The first kappa shape index (κ1) is 9.92. The second-order valence-electron chi connectivity index (χ2n) is 2.66. The van der Waals surface area contributed by atoms with Gasteiger partial charge >= 0.3 is 0 Å². The minimum absolute atomic E-state index is 0.00368. The first-order valence-corrected chi connectivity index (χ1v) is 4.23. The highest BCUT2D eigenvalue weighted by molar-refractivity contribution is 4.52. The molecule has 0 amide bonds. The van der Waals surface area contributed by atoms with E-state index in [1.54, 1.807) is 7.11 Å². The average Bonchev–Trinajstić information content (AvgIpc) is 2.87. The van der Waals surface area contributed by atoms with Gasteiger partial charge in [0.05, 0.1) is 0 Å². The van der Waals surface area contributed by atoms with Crippen LogP contribution in [-0.4, -0.2) is 40.0 Å². The number of ether oxygens (including phenoxy) is 4. The van der Waals surface area contributed by atoms with Gasteiger partial charge in [-0.2, -0.15) is 0 Å². The molecule has 0 radical (unpaired) electrons. The lowest BCUT2D eigenvalue weighted by atomic mass is 10.3. The summed E-state index contributed by atoms with van der Waals surface area (Å²) in [4.78, 5) is 0. The Bertz CT molecular complexity index is 103. The molecule has 72 valence electrons. The fourth-order valence-corrected chi connectivity index (χ4v) is 0.769. The monoisotopic (exact) mass is 176 g/mol.